The van der Waals surface area contributed by atoms with Gasteiger partial charge in [-0.05, 0) is 43.5 Å². The number of rotatable bonds is 3. The molecule has 2 heterocycles. The van der Waals surface area contributed by atoms with Gasteiger partial charge in [-0.1, -0.05) is 0 Å². The van der Waals surface area contributed by atoms with Crippen LogP contribution in [0.15, 0.2) is 36.7 Å². The second kappa shape index (κ2) is 6.88. The van der Waals surface area contributed by atoms with Crippen molar-refractivity contribution in [3.63, 3.8) is 0 Å². The summed E-state index contributed by atoms with van der Waals surface area (Å²) in [5, 5.41) is 11.9. The molecule has 0 saturated carbocycles. The fourth-order valence-corrected chi connectivity index (χ4v) is 2.58. The molecule has 1 N–H and O–H groups in total. The lowest BCUT2D eigenvalue weighted by atomic mass is 10.1. The highest BCUT2D eigenvalue weighted by molar-refractivity contribution is 5.93. The predicted octanol–water partition coefficient (Wildman–Crippen LogP) is 2.72. The zero-order valence-corrected chi connectivity index (χ0v) is 12.7. The summed E-state index contributed by atoms with van der Waals surface area (Å²) in [4.78, 5) is 22.5. The smallest absolute Gasteiger partial charge is 0.272 e. The number of benzene rings is 1. The van der Waals surface area contributed by atoms with E-state index in [1.807, 2.05) is 4.90 Å². The Labute approximate surface area is 134 Å². The van der Waals surface area contributed by atoms with Crippen LogP contribution in [0.25, 0.3) is 0 Å². The van der Waals surface area contributed by atoms with Gasteiger partial charge in [0, 0.05) is 24.8 Å². The molecule has 0 spiro atoms. The van der Waals surface area contributed by atoms with Gasteiger partial charge in [-0.2, -0.15) is 5.26 Å². The van der Waals surface area contributed by atoms with Crippen LogP contribution in [0.3, 0.4) is 0 Å². The minimum absolute atomic E-state index is 0.0463. The molecule has 1 amide bonds. The largest absolute Gasteiger partial charge is 0.340 e. The number of carbonyl (C=O) groups excluding carboxylic acids is 1. The van der Waals surface area contributed by atoms with Gasteiger partial charge in [-0.15, -0.1) is 0 Å². The topological polar surface area (TPSA) is 81.9 Å². The molecule has 0 bridgehead atoms. The first-order chi connectivity index (χ1) is 11.3. The number of hydrogen-bond donors (Lipinski definition) is 1. The quantitative estimate of drug-likeness (QED) is 0.942. The third kappa shape index (κ3) is 3.64. The third-order valence-electron chi connectivity index (χ3n) is 3.82. The van der Waals surface area contributed by atoms with Gasteiger partial charge < -0.3 is 10.2 Å². The zero-order valence-electron chi connectivity index (χ0n) is 12.7. The van der Waals surface area contributed by atoms with E-state index in [2.05, 4.69) is 21.4 Å². The van der Waals surface area contributed by atoms with E-state index >= 15 is 0 Å². The Morgan fingerprint density at radius 3 is 2.57 bits per heavy atom. The van der Waals surface area contributed by atoms with Crippen molar-refractivity contribution in [2.45, 2.75) is 19.3 Å². The molecule has 0 aliphatic carbocycles. The van der Waals surface area contributed by atoms with Crippen LogP contribution >= 0.6 is 0 Å². The number of nitrogens with zero attached hydrogens (tertiary/aromatic N) is 4. The number of nitrogens with one attached hydrogen (secondary N) is 1. The monoisotopic (exact) mass is 307 g/mol. The molecular weight excluding hydrogens is 290 g/mol. The van der Waals surface area contributed by atoms with Gasteiger partial charge in [0.15, 0.2) is 0 Å². The van der Waals surface area contributed by atoms with Crippen molar-refractivity contribution in [2.75, 3.05) is 18.4 Å². The highest BCUT2D eigenvalue weighted by Gasteiger charge is 2.19. The number of amides is 1. The molecule has 1 aromatic carbocycles. The van der Waals surface area contributed by atoms with E-state index < -0.39 is 0 Å². The number of piperidine rings is 1. The molecule has 0 atom stereocenters. The molecule has 1 aliphatic rings. The number of carbonyl (C=O) groups is 1. The van der Waals surface area contributed by atoms with Gasteiger partial charge in [0.05, 0.1) is 11.6 Å². The standard InChI is InChI=1S/C17H17N5O/c18-11-13-4-6-14(7-5-13)21-16-10-15(19-12-20-16)17(23)22-8-2-1-3-9-22/h4-7,10,12H,1-3,8-9H2,(H,19,20,21). The van der Waals surface area contributed by atoms with Crippen LogP contribution in [0.1, 0.15) is 35.3 Å². The third-order valence-corrected chi connectivity index (χ3v) is 3.82. The first kappa shape index (κ1) is 15.0. The summed E-state index contributed by atoms with van der Waals surface area (Å²) in [5.74, 6) is 0.514. The van der Waals surface area contributed by atoms with Crippen LogP contribution in [0.2, 0.25) is 0 Å². The van der Waals surface area contributed by atoms with Crippen LogP contribution in [-0.2, 0) is 0 Å². The second-order valence-electron chi connectivity index (χ2n) is 5.46. The van der Waals surface area contributed by atoms with E-state index in [0.29, 0.717) is 17.1 Å². The summed E-state index contributed by atoms with van der Waals surface area (Å²) in [6.07, 6.45) is 4.67. The molecule has 2 aromatic rings. The number of anilines is 2. The average molecular weight is 307 g/mol. The maximum Gasteiger partial charge on any atom is 0.272 e. The van der Waals surface area contributed by atoms with Crippen molar-refractivity contribution in [1.82, 2.24) is 14.9 Å². The van der Waals surface area contributed by atoms with Crippen LogP contribution in [-0.4, -0.2) is 33.9 Å². The molecule has 1 aromatic heterocycles. The Hall–Kier alpha value is -2.94. The number of likely N-dealkylation sites (tertiary alicyclic amines) is 1. The van der Waals surface area contributed by atoms with Crippen molar-refractivity contribution in [1.29, 1.82) is 5.26 Å². The normalized spacial score (nSPS) is 14.1. The van der Waals surface area contributed by atoms with E-state index in [9.17, 15) is 4.79 Å². The maximum absolute atomic E-state index is 12.5. The van der Waals surface area contributed by atoms with Gasteiger partial charge >= 0.3 is 0 Å². The summed E-state index contributed by atoms with van der Waals surface area (Å²) in [5.41, 5.74) is 1.80. The minimum atomic E-state index is -0.0463. The van der Waals surface area contributed by atoms with E-state index in [4.69, 9.17) is 5.26 Å². The fourth-order valence-electron chi connectivity index (χ4n) is 2.58. The molecular formula is C17H17N5O. The Morgan fingerprint density at radius 1 is 1.13 bits per heavy atom. The fraction of sp³-hybridized carbons (Fsp3) is 0.294. The molecule has 6 nitrogen and oxygen atoms in total. The molecule has 6 heteroatoms. The Kier molecular flexibility index (Phi) is 4.48. The van der Waals surface area contributed by atoms with Gasteiger partial charge in [0.1, 0.15) is 17.8 Å². The summed E-state index contributed by atoms with van der Waals surface area (Å²) in [6.45, 7) is 1.59. The summed E-state index contributed by atoms with van der Waals surface area (Å²) in [7, 11) is 0. The first-order valence-electron chi connectivity index (χ1n) is 7.65. The second-order valence-corrected chi connectivity index (χ2v) is 5.46. The number of nitriles is 1. The zero-order chi connectivity index (χ0) is 16.1. The first-order valence-corrected chi connectivity index (χ1v) is 7.65. The van der Waals surface area contributed by atoms with Crippen LogP contribution in [0.5, 0.6) is 0 Å². The minimum Gasteiger partial charge on any atom is -0.340 e. The van der Waals surface area contributed by atoms with Crippen molar-refractivity contribution < 1.29 is 4.79 Å². The van der Waals surface area contributed by atoms with E-state index in [0.717, 1.165) is 31.6 Å². The Bertz CT molecular complexity index is 729. The highest BCUT2D eigenvalue weighted by atomic mass is 16.2. The Morgan fingerprint density at radius 2 is 1.87 bits per heavy atom. The molecule has 23 heavy (non-hydrogen) atoms. The van der Waals surface area contributed by atoms with E-state index in [1.165, 1.54) is 12.7 Å². The summed E-state index contributed by atoms with van der Waals surface area (Å²) < 4.78 is 0. The van der Waals surface area contributed by atoms with E-state index in [-0.39, 0.29) is 5.91 Å². The van der Waals surface area contributed by atoms with Gasteiger partial charge in [-0.25, -0.2) is 9.97 Å². The molecule has 1 aliphatic heterocycles. The van der Waals surface area contributed by atoms with Crippen molar-refractivity contribution >= 4 is 17.4 Å². The molecule has 116 valence electrons. The summed E-state index contributed by atoms with van der Waals surface area (Å²) >= 11 is 0. The van der Waals surface area contributed by atoms with Gasteiger partial charge in [0.25, 0.3) is 5.91 Å². The molecule has 0 unspecified atom stereocenters. The van der Waals surface area contributed by atoms with Crippen molar-refractivity contribution in [3.05, 3.63) is 47.9 Å². The lowest BCUT2D eigenvalue weighted by Crippen LogP contribution is -2.36. The van der Waals surface area contributed by atoms with Gasteiger partial charge in [0.2, 0.25) is 0 Å². The maximum atomic E-state index is 12.5. The molecule has 1 fully saturated rings. The van der Waals surface area contributed by atoms with Crippen LogP contribution in [0, 0.1) is 11.3 Å². The predicted molar refractivity (Wildman–Crippen MR) is 86.2 cm³/mol. The average Bonchev–Trinajstić information content (AvgIpc) is 2.63. The van der Waals surface area contributed by atoms with Gasteiger partial charge in [-0.3, -0.25) is 4.79 Å². The molecule has 1 saturated heterocycles. The highest BCUT2D eigenvalue weighted by Crippen LogP contribution is 2.17. The lowest BCUT2D eigenvalue weighted by molar-refractivity contribution is 0.0718. The number of aromatic nitrogens is 2. The lowest BCUT2D eigenvalue weighted by Gasteiger charge is -2.26. The van der Waals surface area contributed by atoms with Crippen LogP contribution in [0.4, 0.5) is 11.5 Å². The van der Waals surface area contributed by atoms with Crippen LogP contribution < -0.4 is 5.32 Å². The Balaban J connectivity index is 1.73. The molecule has 0 radical (unpaired) electrons. The number of hydrogen-bond acceptors (Lipinski definition) is 5. The summed E-state index contributed by atoms with van der Waals surface area (Å²) in [6, 6.07) is 10.8. The van der Waals surface area contributed by atoms with Crippen molar-refractivity contribution in [3.8, 4) is 6.07 Å². The molecule has 3 rings (SSSR count). The SMILES string of the molecule is N#Cc1ccc(Nc2cc(C(=O)N3CCCCC3)ncn2)cc1. The van der Waals surface area contributed by atoms with Crippen molar-refractivity contribution in [2.24, 2.45) is 0 Å². The van der Waals surface area contributed by atoms with E-state index in [1.54, 1.807) is 30.3 Å².